The lowest BCUT2D eigenvalue weighted by Crippen LogP contribution is -2.51. The van der Waals surface area contributed by atoms with E-state index >= 15 is 0 Å². The summed E-state index contributed by atoms with van der Waals surface area (Å²) in [6, 6.07) is 0.0624. The van der Waals surface area contributed by atoms with Gasteiger partial charge in [0, 0.05) is 39.3 Å². The lowest BCUT2D eigenvalue weighted by Gasteiger charge is -2.34. The highest BCUT2D eigenvalue weighted by Gasteiger charge is 2.19. The summed E-state index contributed by atoms with van der Waals surface area (Å²) in [5, 5.41) is 11.5. The molecule has 0 radical (unpaired) electrons. The second-order valence-corrected chi connectivity index (χ2v) is 4.45. The highest BCUT2D eigenvalue weighted by atomic mass is 16.2. The van der Waals surface area contributed by atoms with Crippen LogP contribution in [0, 0.1) is 0 Å². The van der Waals surface area contributed by atoms with Crippen LogP contribution in [0.25, 0.3) is 0 Å². The highest BCUT2D eigenvalue weighted by molar-refractivity contribution is 5.74. The lowest BCUT2D eigenvalue weighted by molar-refractivity contribution is 0.137. The first kappa shape index (κ1) is 14.3. The predicted molar refractivity (Wildman–Crippen MR) is 68.0 cm³/mol. The van der Waals surface area contributed by atoms with Crippen molar-refractivity contribution in [3.63, 3.8) is 0 Å². The number of piperazine rings is 1. The first-order chi connectivity index (χ1) is 8.27. The van der Waals surface area contributed by atoms with E-state index in [0.717, 1.165) is 52.0 Å². The van der Waals surface area contributed by atoms with Gasteiger partial charge in [-0.2, -0.15) is 0 Å². The number of amides is 2. The largest absolute Gasteiger partial charge is 0.396 e. The minimum absolute atomic E-state index is 0.0624. The quantitative estimate of drug-likeness (QED) is 0.668. The van der Waals surface area contributed by atoms with E-state index in [-0.39, 0.29) is 6.03 Å². The van der Waals surface area contributed by atoms with Crippen molar-refractivity contribution in [2.45, 2.75) is 26.2 Å². The summed E-state index contributed by atoms with van der Waals surface area (Å²) < 4.78 is 0. The molecular formula is C12H25N3O2. The average molecular weight is 243 g/mol. The number of carbonyl (C=O) groups excluding carboxylic acids is 1. The minimum Gasteiger partial charge on any atom is -0.396 e. The van der Waals surface area contributed by atoms with Crippen molar-refractivity contribution in [2.24, 2.45) is 0 Å². The van der Waals surface area contributed by atoms with Gasteiger partial charge in [-0.05, 0) is 32.7 Å². The summed E-state index contributed by atoms with van der Waals surface area (Å²) in [6.07, 6.45) is 3.13. The van der Waals surface area contributed by atoms with Crippen molar-refractivity contribution in [1.29, 1.82) is 0 Å². The number of urea groups is 1. The van der Waals surface area contributed by atoms with E-state index in [1.165, 1.54) is 0 Å². The Morgan fingerprint density at radius 3 is 2.47 bits per heavy atom. The summed E-state index contributed by atoms with van der Waals surface area (Å²) in [6.45, 7) is 7.61. The molecule has 5 heteroatoms. The number of rotatable bonds is 6. The third kappa shape index (κ3) is 5.37. The fraction of sp³-hybridized carbons (Fsp3) is 0.917. The Bertz CT molecular complexity index is 216. The number of hydrogen-bond acceptors (Lipinski definition) is 3. The summed E-state index contributed by atoms with van der Waals surface area (Å²) in [4.78, 5) is 15.9. The zero-order chi connectivity index (χ0) is 12.5. The molecule has 1 saturated heterocycles. The topological polar surface area (TPSA) is 55.8 Å². The van der Waals surface area contributed by atoms with Gasteiger partial charge >= 0.3 is 6.03 Å². The van der Waals surface area contributed by atoms with E-state index in [0.29, 0.717) is 13.2 Å². The number of carbonyl (C=O) groups is 1. The highest BCUT2D eigenvalue weighted by Crippen LogP contribution is 2.04. The number of nitrogens with zero attached hydrogens (tertiary/aromatic N) is 2. The van der Waals surface area contributed by atoms with Crippen molar-refractivity contribution < 1.29 is 9.90 Å². The maximum Gasteiger partial charge on any atom is 0.317 e. The third-order valence-corrected chi connectivity index (χ3v) is 3.12. The van der Waals surface area contributed by atoms with Crippen molar-refractivity contribution in [2.75, 3.05) is 45.9 Å². The molecule has 0 bridgehead atoms. The van der Waals surface area contributed by atoms with Crippen LogP contribution in [-0.2, 0) is 0 Å². The maximum atomic E-state index is 11.6. The number of nitrogens with one attached hydrogen (secondary N) is 1. The Balaban J connectivity index is 2.11. The molecule has 0 aromatic rings. The van der Waals surface area contributed by atoms with Crippen LogP contribution >= 0.6 is 0 Å². The molecule has 1 aliphatic rings. The molecule has 0 unspecified atom stereocenters. The lowest BCUT2D eigenvalue weighted by atomic mass is 10.2. The van der Waals surface area contributed by atoms with Crippen LogP contribution < -0.4 is 5.32 Å². The van der Waals surface area contributed by atoms with Crippen LogP contribution in [-0.4, -0.2) is 66.8 Å². The SMILES string of the molecule is CCNC(=O)N1CCN(CCCCCO)CC1. The van der Waals surface area contributed by atoms with Crippen molar-refractivity contribution in [1.82, 2.24) is 15.1 Å². The Morgan fingerprint density at radius 2 is 1.88 bits per heavy atom. The Hall–Kier alpha value is -0.810. The summed E-state index contributed by atoms with van der Waals surface area (Å²) in [5.74, 6) is 0. The normalized spacial score (nSPS) is 17.2. The summed E-state index contributed by atoms with van der Waals surface area (Å²) >= 11 is 0. The molecule has 0 aliphatic carbocycles. The van der Waals surface area contributed by atoms with Gasteiger partial charge in [-0.25, -0.2) is 4.79 Å². The molecule has 0 atom stereocenters. The van der Waals surface area contributed by atoms with Crippen LogP contribution in [0.4, 0.5) is 4.79 Å². The minimum atomic E-state index is 0.0624. The molecule has 5 nitrogen and oxygen atoms in total. The number of aliphatic hydroxyl groups is 1. The van der Waals surface area contributed by atoms with Gasteiger partial charge in [0.05, 0.1) is 0 Å². The molecule has 1 fully saturated rings. The molecule has 0 spiro atoms. The van der Waals surface area contributed by atoms with Crippen LogP contribution in [0.2, 0.25) is 0 Å². The number of aliphatic hydroxyl groups excluding tert-OH is 1. The molecule has 2 amide bonds. The van der Waals surface area contributed by atoms with Gasteiger partial charge < -0.3 is 15.3 Å². The Kier molecular flexibility index (Phi) is 6.96. The average Bonchev–Trinajstić information content (AvgIpc) is 2.36. The first-order valence-corrected chi connectivity index (χ1v) is 6.64. The van der Waals surface area contributed by atoms with Crippen molar-refractivity contribution in [3.05, 3.63) is 0 Å². The second kappa shape index (κ2) is 8.31. The molecule has 2 N–H and O–H groups in total. The van der Waals surface area contributed by atoms with E-state index in [1.54, 1.807) is 0 Å². The summed E-state index contributed by atoms with van der Waals surface area (Å²) in [5.41, 5.74) is 0. The third-order valence-electron chi connectivity index (χ3n) is 3.12. The number of unbranched alkanes of at least 4 members (excludes halogenated alkanes) is 2. The smallest absolute Gasteiger partial charge is 0.317 e. The van der Waals surface area contributed by atoms with Crippen LogP contribution in [0.15, 0.2) is 0 Å². The van der Waals surface area contributed by atoms with Gasteiger partial charge in [0.25, 0.3) is 0 Å². The van der Waals surface area contributed by atoms with Crippen LogP contribution in [0.5, 0.6) is 0 Å². The van der Waals surface area contributed by atoms with E-state index in [9.17, 15) is 4.79 Å². The monoisotopic (exact) mass is 243 g/mol. The Labute approximate surface area is 104 Å². The van der Waals surface area contributed by atoms with E-state index in [2.05, 4.69) is 10.2 Å². The van der Waals surface area contributed by atoms with Crippen LogP contribution in [0.3, 0.4) is 0 Å². The van der Waals surface area contributed by atoms with E-state index < -0.39 is 0 Å². The van der Waals surface area contributed by atoms with Crippen molar-refractivity contribution >= 4 is 6.03 Å². The predicted octanol–water partition coefficient (Wildman–Crippen LogP) is 0.496. The summed E-state index contributed by atoms with van der Waals surface area (Å²) in [7, 11) is 0. The molecular weight excluding hydrogens is 218 g/mol. The maximum absolute atomic E-state index is 11.6. The molecule has 1 rings (SSSR count). The van der Waals surface area contributed by atoms with Crippen molar-refractivity contribution in [3.8, 4) is 0 Å². The van der Waals surface area contributed by atoms with Crippen LogP contribution in [0.1, 0.15) is 26.2 Å². The zero-order valence-electron chi connectivity index (χ0n) is 10.8. The zero-order valence-corrected chi connectivity index (χ0v) is 10.8. The van der Waals surface area contributed by atoms with E-state index in [4.69, 9.17) is 5.11 Å². The van der Waals surface area contributed by atoms with Gasteiger partial charge in [0.1, 0.15) is 0 Å². The van der Waals surface area contributed by atoms with Gasteiger partial charge in [-0.3, -0.25) is 4.90 Å². The standard InChI is InChI=1S/C12H25N3O2/c1-2-13-12(17)15-9-7-14(8-10-15)6-4-3-5-11-16/h16H,2-11H2,1H3,(H,13,17). The number of hydrogen-bond donors (Lipinski definition) is 2. The first-order valence-electron chi connectivity index (χ1n) is 6.64. The Morgan fingerprint density at radius 1 is 1.18 bits per heavy atom. The molecule has 17 heavy (non-hydrogen) atoms. The van der Waals surface area contributed by atoms with Gasteiger partial charge in [0.15, 0.2) is 0 Å². The molecule has 100 valence electrons. The fourth-order valence-electron chi connectivity index (χ4n) is 2.06. The molecule has 0 aromatic heterocycles. The molecule has 1 aliphatic heterocycles. The van der Waals surface area contributed by atoms with Gasteiger partial charge in [-0.1, -0.05) is 0 Å². The molecule has 1 heterocycles. The fourth-order valence-corrected chi connectivity index (χ4v) is 2.06. The van der Waals surface area contributed by atoms with Gasteiger partial charge in [-0.15, -0.1) is 0 Å². The van der Waals surface area contributed by atoms with E-state index in [1.807, 2.05) is 11.8 Å². The second-order valence-electron chi connectivity index (χ2n) is 4.45. The van der Waals surface area contributed by atoms with Gasteiger partial charge in [0.2, 0.25) is 0 Å². The molecule has 0 saturated carbocycles. The molecule has 0 aromatic carbocycles.